The summed E-state index contributed by atoms with van der Waals surface area (Å²) in [5.41, 5.74) is 1.25. The summed E-state index contributed by atoms with van der Waals surface area (Å²) in [6.45, 7) is 6.66. The van der Waals surface area contributed by atoms with Gasteiger partial charge in [0.25, 0.3) is 0 Å². The molecular weight excluding hydrogens is 200 g/mol. The first kappa shape index (κ1) is 15.2. The minimum absolute atomic E-state index is 0.179. The van der Waals surface area contributed by atoms with Crippen molar-refractivity contribution in [3.05, 3.63) is 11.6 Å². The van der Waals surface area contributed by atoms with Crippen molar-refractivity contribution >= 4 is 5.97 Å². The van der Waals surface area contributed by atoms with E-state index in [2.05, 4.69) is 13.8 Å². The Kier molecular flexibility index (Phi) is 10.2. The van der Waals surface area contributed by atoms with E-state index in [1.807, 2.05) is 6.92 Å². The summed E-state index contributed by atoms with van der Waals surface area (Å²) in [6, 6.07) is 0. The van der Waals surface area contributed by atoms with Crippen molar-refractivity contribution in [2.45, 2.75) is 65.7 Å². The lowest BCUT2D eigenvalue weighted by molar-refractivity contribution is -0.137. The van der Waals surface area contributed by atoms with Crippen molar-refractivity contribution in [2.75, 3.05) is 6.61 Å². The molecule has 0 spiro atoms. The monoisotopic (exact) mass is 226 g/mol. The first-order chi connectivity index (χ1) is 7.74. The van der Waals surface area contributed by atoms with E-state index in [9.17, 15) is 4.79 Å². The molecule has 0 saturated carbocycles. The van der Waals surface area contributed by atoms with Crippen LogP contribution in [-0.4, -0.2) is 12.6 Å². The second-order valence-electron chi connectivity index (χ2n) is 4.12. The lowest BCUT2D eigenvalue weighted by atomic mass is 10.0. The third-order valence-electron chi connectivity index (χ3n) is 2.53. The van der Waals surface area contributed by atoms with Gasteiger partial charge in [-0.25, -0.2) is 4.79 Å². The molecule has 0 radical (unpaired) electrons. The molecule has 0 aliphatic carbocycles. The van der Waals surface area contributed by atoms with Gasteiger partial charge >= 0.3 is 5.97 Å². The Morgan fingerprint density at radius 2 is 1.75 bits per heavy atom. The first-order valence-corrected chi connectivity index (χ1v) is 6.60. The van der Waals surface area contributed by atoms with E-state index in [-0.39, 0.29) is 5.97 Å². The molecule has 94 valence electrons. The Morgan fingerprint density at radius 1 is 1.00 bits per heavy atom. The minimum atomic E-state index is -0.179. The quantitative estimate of drug-likeness (QED) is 0.334. The van der Waals surface area contributed by atoms with E-state index in [4.69, 9.17) is 4.74 Å². The zero-order valence-corrected chi connectivity index (χ0v) is 11.1. The van der Waals surface area contributed by atoms with Gasteiger partial charge in [-0.15, -0.1) is 0 Å². The molecular formula is C14H26O2. The molecule has 0 N–H and O–H groups in total. The smallest absolute Gasteiger partial charge is 0.330 e. The van der Waals surface area contributed by atoms with Crippen LogP contribution in [0.5, 0.6) is 0 Å². The van der Waals surface area contributed by atoms with Crippen molar-refractivity contribution < 1.29 is 9.53 Å². The van der Waals surface area contributed by atoms with Crippen LogP contribution >= 0.6 is 0 Å². The van der Waals surface area contributed by atoms with Crippen LogP contribution in [0.3, 0.4) is 0 Å². The topological polar surface area (TPSA) is 26.3 Å². The van der Waals surface area contributed by atoms with Gasteiger partial charge in [-0.1, -0.05) is 45.1 Å². The van der Waals surface area contributed by atoms with Gasteiger partial charge in [-0.3, -0.25) is 0 Å². The fourth-order valence-corrected chi connectivity index (χ4v) is 1.72. The van der Waals surface area contributed by atoms with Crippen molar-refractivity contribution in [2.24, 2.45) is 0 Å². The van der Waals surface area contributed by atoms with Crippen LogP contribution in [0.4, 0.5) is 0 Å². The first-order valence-electron chi connectivity index (χ1n) is 6.60. The molecule has 0 atom stereocenters. The molecule has 0 aliphatic rings. The molecule has 0 aliphatic heterocycles. The standard InChI is InChI=1S/C14H26O2/c1-4-7-8-9-11-13(10-5-2)12-14(15)16-6-3/h12H,4-11H2,1-3H3/b13-12+. The third kappa shape index (κ3) is 8.51. The number of rotatable bonds is 9. The zero-order valence-electron chi connectivity index (χ0n) is 11.1. The second kappa shape index (κ2) is 10.7. The normalized spacial score (nSPS) is 11.6. The molecule has 0 rings (SSSR count). The Bertz CT molecular complexity index is 207. The van der Waals surface area contributed by atoms with Crippen LogP contribution in [-0.2, 0) is 9.53 Å². The summed E-state index contributed by atoms with van der Waals surface area (Å²) in [5.74, 6) is -0.179. The fourth-order valence-electron chi connectivity index (χ4n) is 1.72. The maximum absolute atomic E-state index is 11.3. The van der Waals surface area contributed by atoms with Crippen LogP contribution in [0, 0.1) is 0 Å². The number of carbonyl (C=O) groups excluding carboxylic acids is 1. The minimum Gasteiger partial charge on any atom is -0.463 e. The van der Waals surface area contributed by atoms with Crippen molar-refractivity contribution in [1.29, 1.82) is 0 Å². The van der Waals surface area contributed by atoms with E-state index in [0.29, 0.717) is 6.61 Å². The van der Waals surface area contributed by atoms with E-state index in [1.165, 1.54) is 31.3 Å². The number of hydrogen-bond acceptors (Lipinski definition) is 2. The molecule has 0 heterocycles. The Labute approximate surface area is 100 Å². The highest BCUT2D eigenvalue weighted by Gasteiger charge is 2.02. The van der Waals surface area contributed by atoms with Gasteiger partial charge in [0.1, 0.15) is 0 Å². The maximum atomic E-state index is 11.3. The highest BCUT2D eigenvalue weighted by Crippen LogP contribution is 2.15. The SMILES string of the molecule is CCCCCC/C(=C/C(=O)OCC)CCC. The summed E-state index contributed by atoms with van der Waals surface area (Å²) in [4.78, 5) is 11.3. The van der Waals surface area contributed by atoms with Crippen LogP contribution < -0.4 is 0 Å². The molecule has 0 aromatic heterocycles. The second-order valence-corrected chi connectivity index (χ2v) is 4.12. The molecule has 0 aromatic rings. The largest absolute Gasteiger partial charge is 0.463 e. The predicted octanol–water partition coefficient (Wildman–Crippen LogP) is 4.25. The summed E-state index contributed by atoms with van der Waals surface area (Å²) < 4.78 is 4.93. The van der Waals surface area contributed by atoms with Crippen molar-refractivity contribution in [3.8, 4) is 0 Å². The molecule has 0 amide bonds. The number of hydrogen-bond donors (Lipinski definition) is 0. The van der Waals surface area contributed by atoms with Crippen LogP contribution in [0.15, 0.2) is 11.6 Å². The zero-order chi connectivity index (χ0) is 12.2. The molecule has 16 heavy (non-hydrogen) atoms. The van der Waals surface area contributed by atoms with Crippen molar-refractivity contribution in [1.82, 2.24) is 0 Å². The summed E-state index contributed by atoms with van der Waals surface area (Å²) in [6.07, 6.45) is 9.86. The van der Waals surface area contributed by atoms with E-state index < -0.39 is 0 Å². The van der Waals surface area contributed by atoms with Crippen LogP contribution in [0.25, 0.3) is 0 Å². The molecule has 0 saturated heterocycles. The number of ether oxygens (including phenoxy) is 1. The van der Waals surface area contributed by atoms with Gasteiger partial charge in [0.05, 0.1) is 6.61 Å². The average molecular weight is 226 g/mol. The molecule has 2 nitrogen and oxygen atoms in total. The van der Waals surface area contributed by atoms with Crippen LogP contribution in [0.1, 0.15) is 65.7 Å². The van der Waals surface area contributed by atoms with Gasteiger partial charge < -0.3 is 4.74 Å². The lowest BCUT2D eigenvalue weighted by Gasteiger charge is -2.06. The van der Waals surface area contributed by atoms with Crippen molar-refractivity contribution in [3.63, 3.8) is 0 Å². The van der Waals surface area contributed by atoms with Gasteiger partial charge in [0.15, 0.2) is 0 Å². The molecule has 0 bridgehead atoms. The van der Waals surface area contributed by atoms with Gasteiger partial charge in [0.2, 0.25) is 0 Å². The number of carbonyl (C=O) groups is 1. The number of esters is 1. The molecule has 2 heteroatoms. The Balaban J connectivity index is 3.99. The molecule has 0 unspecified atom stereocenters. The van der Waals surface area contributed by atoms with Gasteiger partial charge in [0, 0.05) is 6.08 Å². The summed E-state index contributed by atoms with van der Waals surface area (Å²) in [7, 11) is 0. The number of unbranched alkanes of at least 4 members (excludes halogenated alkanes) is 3. The van der Waals surface area contributed by atoms with Gasteiger partial charge in [-0.05, 0) is 26.2 Å². The van der Waals surface area contributed by atoms with E-state index >= 15 is 0 Å². The lowest BCUT2D eigenvalue weighted by Crippen LogP contribution is -2.01. The summed E-state index contributed by atoms with van der Waals surface area (Å²) >= 11 is 0. The van der Waals surface area contributed by atoms with E-state index in [0.717, 1.165) is 19.3 Å². The number of allylic oxidation sites excluding steroid dienone is 1. The third-order valence-corrected chi connectivity index (χ3v) is 2.53. The van der Waals surface area contributed by atoms with E-state index in [1.54, 1.807) is 6.08 Å². The van der Waals surface area contributed by atoms with Crippen LogP contribution in [0.2, 0.25) is 0 Å². The Morgan fingerprint density at radius 3 is 2.31 bits per heavy atom. The maximum Gasteiger partial charge on any atom is 0.330 e. The predicted molar refractivity (Wildman–Crippen MR) is 68.4 cm³/mol. The molecule has 0 aromatic carbocycles. The highest BCUT2D eigenvalue weighted by atomic mass is 16.5. The molecule has 0 fully saturated rings. The highest BCUT2D eigenvalue weighted by molar-refractivity contribution is 5.82. The fraction of sp³-hybridized carbons (Fsp3) is 0.786. The average Bonchev–Trinajstić information content (AvgIpc) is 2.25. The Hall–Kier alpha value is -0.790. The summed E-state index contributed by atoms with van der Waals surface area (Å²) in [5, 5.41) is 0. The van der Waals surface area contributed by atoms with Gasteiger partial charge in [-0.2, -0.15) is 0 Å².